The van der Waals surface area contributed by atoms with Crippen LogP contribution in [0.4, 0.5) is 0 Å². The molecule has 0 aromatic rings. The first-order chi connectivity index (χ1) is 28.4. The molecule has 60 heavy (non-hydrogen) atoms. The summed E-state index contributed by atoms with van der Waals surface area (Å²) in [5, 5.41) is 0. The van der Waals surface area contributed by atoms with Gasteiger partial charge in [0.1, 0.15) is 0 Å². The summed E-state index contributed by atoms with van der Waals surface area (Å²) in [5.41, 5.74) is 0. The Morgan fingerprint density at radius 3 is 0.500 bits per heavy atom. The molecule has 12 heteroatoms. The molecule has 0 atom stereocenters. The van der Waals surface area contributed by atoms with Crippen LogP contribution in [-0.4, -0.2) is 92.0 Å². The van der Waals surface area contributed by atoms with Gasteiger partial charge in [0.15, 0.2) is 0 Å². The second-order valence-electron chi connectivity index (χ2n) is 17.9. The predicted molar refractivity (Wildman–Crippen MR) is 248 cm³/mol. The number of quaternary nitrogens is 3. The molecule has 0 saturated heterocycles. The van der Waals surface area contributed by atoms with Gasteiger partial charge in [0, 0.05) is 0 Å². The molecule has 368 valence electrons. The Bertz CT molecular complexity index is 831. The van der Waals surface area contributed by atoms with Crippen LogP contribution in [0.15, 0.2) is 0 Å². The van der Waals surface area contributed by atoms with Crippen molar-refractivity contribution in [2.24, 2.45) is 0 Å². The van der Waals surface area contributed by atoms with E-state index in [9.17, 15) is 24.9 Å². The third kappa shape index (κ3) is 43.5. The monoisotopic (exact) mass is 968 g/mol. The molecule has 0 aliphatic heterocycles. The van der Waals surface area contributed by atoms with Crippen molar-refractivity contribution in [3.8, 4) is 0 Å². The Labute approximate surface area is 380 Å². The maximum absolute atomic E-state index is 9.40. The summed E-state index contributed by atoms with van der Waals surface area (Å²) in [4.78, 5) is 18.7. The van der Waals surface area contributed by atoms with Gasteiger partial charge in [-0.3, -0.25) is 0 Å². The van der Waals surface area contributed by atoms with E-state index in [1.165, 1.54) is 246 Å². The minimum absolute atomic E-state index is 1.35. The van der Waals surface area contributed by atoms with Gasteiger partial charge in [0.05, 0.1) is 78.5 Å². The molecule has 0 heterocycles. The van der Waals surface area contributed by atoms with Crippen molar-refractivity contribution in [1.82, 2.24) is 0 Å². The molecule has 0 aromatic carbocycles. The average molecular weight is 966 g/mol. The maximum atomic E-state index is 9.40. The van der Waals surface area contributed by atoms with Crippen molar-refractivity contribution in [3.63, 3.8) is 0 Å². The average Bonchev–Trinajstić information content (AvgIpc) is 3.21. The fourth-order valence-corrected chi connectivity index (χ4v) is 9.92. The van der Waals surface area contributed by atoms with Crippen LogP contribution in [0.3, 0.4) is 0 Å². The van der Waals surface area contributed by atoms with E-state index < -0.39 is 24.6 Å². The van der Waals surface area contributed by atoms with Crippen molar-refractivity contribution >= 4 is 7.82 Å². The third-order valence-corrected chi connectivity index (χ3v) is 15.1. The molecule has 10 nitrogen and oxygen atoms in total. The topological polar surface area (TPSA) is 130 Å². The van der Waals surface area contributed by atoms with Gasteiger partial charge in [0.25, 0.3) is 0 Å². The number of phosphoric acid groups is 1. The molecule has 0 aromatic heterocycles. The number of hydrogen-bond donors (Lipinski definition) is 0. The van der Waals surface area contributed by atoms with E-state index in [1.54, 1.807) is 0 Å². The zero-order valence-electron chi connectivity index (χ0n) is 42.5. The van der Waals surface area contributed by atoms with Crippen LogP contribution in [0.2, 0.25) is 0 Å². The molecule has 0 radical (unpaired) electrons. The number of hydrogen-bond acceptors (Lipinski definition) is 7. The van der Waals surface area contributed by atoms with Gasteiger partial charge in [0.2, 0.25) is 0 Å². The molecule has 0 unspecified atom stereocenters. The number of unbranched alkanes of at least 4 members (excludes halogenated alkanes) is 12. The second-order valence-corrected chi connectivity index (χ2v) is 22.0. The molecule has 0 fully saturated rings. The Balaban J connectivity index is -0.000000356. The van der Waals surface area contributed by atoms with Gasteiger partial charge in [-0.2, -0.15) is 0 Å². The van der Waals surface area contributed by atoms with Crippen molar-refractivity contribution in [2.75, 3.05) is 78.5 Å². The van der Waals surface area contributed by atoms with Crippen LogP contribution < -0.4 is 13.5 Å². The van der Waals surface area contributed by atoms with Gasteiger partial charge >= 0.3 is 52.7 Å². The van der Waals surface area contributed by atoms with E-state index >= 15 is 0 Å². The summed E-state index contributed by atoms with van der Waals surface area (Å²) in [6, 6.07) is 0. The molecule has 0 amide bonds. The van der Waals surface area contributed by atoms with Gasteiger partial charge in [-0.1, -0.05) is 160 Å². The van der Waals surface area contributed by atoms with E-state index in [4.69, 9.17) is 0 Å². The first kappa shape index (κ1) is 66.8. The van der Waals surface area contributed by atoms with E-state index in [2.05, 4.69) is 86.3 Å². The summed E-state index contributed by atoms with van der Waals surface area (Å²) >= 11 is -6.40. The summed E-state index contributed by atoms with van der Waals surface area (Å²) in [6.07, 6.45) is 33.2. The zero-order valence-corrected chi connectivity index (χ0v) is 45.4. The van der Waals surface area contributed by atoms with Crippen LogP contribution in [0.1, 0.15) is 237 Å². The van der Waals surface area contributed by atoms with E-state index in [0.29, 0.717) is 0 Å². The van der Waals surface area contributed by atoms with Crippen molar-refractivity contribution in [2.45, 2.75) is 237 Å². The van der Waals surface area contributed by atoms with Crippen molar-refractivity contribution in [3.05, 3.63) is 0 Å². The summed E-state index contributed by atoms with van der Waals surface area (Å²) in [6.45, 7) is 45.1. The second kappa shape index (κ2) is 44.4. The van der Waals surface area contributed by atoms with Crippen LogP contribution in [-0.2, 0) is 31.3 Å². The third-order valence-electron chi connectivity index (χ3n) is 12.0. The Kier molecular flexibility index (Phi) is 49.5. The van der Waals surface area contributed by atoms with E-state index in [-0.39, 0.29) is 0 Å². The number of nitrogens with zero attached hydrogens (tertiary/aromatic N) is 3. The molecule has 0 aliphatic carbocycles. The quantitative estimate of drug-likeness (QED) is 0.0342. The van der Waals surface area contributed by atoms with Crippen LogP contribution in [0, 0.1) is 0 Å². The molecule has 0 saturated carbocycles. The SMILES string of the molecule is CCCC[N+](CCCC)(CCCC)CCCC.CCCC[N+](CCCC)(CCCC)CCCC.CCCC[N+](CCCC)(CCCC)CCCC.O=P([O-])([O-])[O][Mo](=[O])(=[O])[O-]. The first-order valence-electron chi connectivity index (χ1n) is 25.7. The first-order valence-corrected chi connectivity index (χ1v) is 30.4. The molecule has 0 rings (SSSR count). The summed E-state index contributed by atoms with van der Waals surface area (Å²) < 4.78 is 44.4. The van der Waals surface area contributed by atoms with E-state index in [0.717, 1.165) is 0 Å². The molecule has 0 bridgehead atoms. The fourth-order valence-electron chi connectivity index (χ4n) is 8.05. The van der Waals surface area contributed by atoms with Crippen molar-refractivity contribution < 1.29 is 58.3 Å². The number of rotatable bonds is 38. The Morgan fingerprint density at radius 2 is 0.450 bits per heavy atom. The van der Waals surface area contributed by atoms with Gasteiger partial charge < -0.3 is 13.4 Å². The predicted octanol–water partition coefficient (Wildman–Crippen LogP) is 11.9. The molecule has 0 spiro atoms. The van der Waals surface area contributed by atoms with Gasteiger partial charge in [-0.15, -0.1) is 0 Å². The zero-order chi connectivity index (χ0) is 46.7. The fraction of sp³-hybridized carbons (Fsp3) is 1.00. The normalized spacial score (nSPS) is 12.2. The van der Waals surface area contributed by atoms with Crippen LogP contribution in [0.25, 0.3) is 0 Å². The van der Waals surface area contributed by atoms with Crippen LogP contribution >= 0.6 is 7.82 Å². The van der Waals surface area contributed by atoms with Gasteiger partial charge in [-0.25, -0.2) is 0 Å². The molecular weight excluding hydrogens is 857 g/mol. The summed E-state index contributed by atoms with van der Waals surface area (Å²) in [7, 11) is -5.64. The van der Waals surface area contributed by atoms with Gasteiger partial charge in [-0.05, 0) is 77.0 Å². The Morgan fingerprint density at radius 1 is 0.333 bits per heavy atom. The molecule has 0 N–H and O–H groups in total. The molecular formula is C48H108MoN3O7P. The van der Waals surface area contributed by atoms with E-state index in [1.807, 2.05) is 0 Å². The minimum atomic E-state index is -6.40. The van der Waals surface area contributed by atoms with Crippen LogP contribution in [0.5, 0.6) is 0 Å². The van der Waals surface area contributed by atoms with Crippen molar-refractivity contribution in [1.29, 1.82) is 0 Å². The summed E-state index contributed by atoms with van der Waals surface area (Å²) in [5.74, 6) is 0. The Hall–Kier alpha value is 0.238. The molecule has 0 aliphatic rings. The standard InChI is InChI=1S/3C16H36N.Mo.H3O4P.3O/c3*1-5-9-13-17(14-10-6-2,15-11-7-3)16-12-8-4;;1-5(2,3)4;;;/h3*5-16H2,1-4H3;;(H3,1,2,3,4);;;/q4*+1;;;;-1/p-3.